The lowest BCUT2D eigenvalue weighted by molar-refractivity contribution is -0.129. The molecule has 102 valence electrons. The van der Waals surface area contributed by atoms with Crippen LogP contribution in [0.5, 0.6) is 0 Å². The molecule has 1 aliphatic carbocycles. The first-order chi connectivity index (χ1) is 9.07. The molecule has 1 saturated carbocycles. The average Bonchev–Trinajstić information content (AvgIpc) is 3.11. The molecule has 1 amide bonds. The Bertz CT molecular complexity index is 497. The highest BCUT2D eigenvalue weighted by Crippen LogP contribution is 2.40. The molecule has 3 rings (SSSR count). The van der Waals surface area contributed by atoms with Gasteiger partial charge in [0.05, 0.1) is 12.1 Å². The highest BCUT2D eigenvalue weighted by atomic mass is 16.3. The first kappa shape index (κ1) is 12.5. The van der Waals surface area contributed by atoms with Crippen LogP contribution >= 0.6 is 0 Å². The second-order valence-corrected chi connectivity index (χ2v) is 5.77. The number of rotatable bonds is 3. The monoisotopic (exact) mass is 260 g/mol. The molecule has 19 heavy (non-hydrogen) atoms. The number of piperazine rings is 1. The molecule has 4 nitrogen and oxygen atoms in total. The minimum atomic E-state index is -0.493. The van der Waals surface area contributed by atoms with E-state index in [1.807, 2.05) is 19.2 Å². The van der Waals surface area contributed by atoms with E-state index in [1.54, 1.807) is 4.90 Å². The van der Waals surface area contributed by atoms with E-state index in [9.17, 15) is 9.90 Å². The van der Waals surface area contributed by atoms with Crippen molar-refractivity contribution in [1.29, 1.82) is 0 Å². The number of aliphatic hydroxyl groups is 1. The maximum absolute atomic E-state index is 11.8. The Hall–Kier alpha value is -1.55. The molecule has 1 N–H and O–H groups in total. The van der Waals surface area contributed by atoms with E-state index in [1.165, 1.54) is 0 Å². The quantitative estimate of drug-likeness (QED) is 0.883. The standard InChI is InChI=1S/C15H20N2O2/c1-16-8-9-17(11-14(16)18)13-5-3-2-4-12(13)10-15(19)6-7-15/h2-5,19H,6-11H2,1H3. The van der Waals surface area contributed by atoms with Crippen molar-refractivity contribution in [2.24, 2.45) is 0 Å². The summed E-state index contributed by atoms with van der Waals surface area (Å²) >= 11 is 0. The van der Waals surface area contributed by atoms with Crippen molar-refractivity contribution in [1.82, 2.24) is 4.90 Å². The van der Waals surface area contributed by atoms with E-state index in [4.69, 9.17) is 0 Å². The topological polar surface area (TPSA) is 43.8 Å². The van der Waals surface area contributed by atoms with Gasteiger partial charge < -0.3 is 14.9 Å². The second-order valence-electron chi connectivity index (χ2n) is 5.77. The number of anilines is 1. The Kier molecular flexibility index (Phi) is 2.97. The Morgan fingerprint density at radius 1 is 1.26 bits per heavy atom. The number of para-hydroxylation sites is 1. The summed E-state index contributed by atoms with van der Waals surface area (Å²) in [6.45, 7) is 2.06. The van der Waals surface area contributed by atoms with Gasteiger partial charge in [-0.15, -0.1) is 0 Å². The lowest BCUT2D eigenvalue weighted by Gasteiger charge is -2.34. The zero-order valence-electron chi connectivity index (χ0n) is 11.3. The molecule has 2 fully saturated rings. The van der Waals surface area contributed by atoms with Gasteiger partial charge in [-0.05, 0) is 24.5 Å². The van der Waals surface area contributed by atoms with Gasteiger partial charge in [0.15, 0.2) is 0 Å². The van der Waals surface area contributed by atoms with E-state index in [0.717, 1.165) is 37.2 Å². The van der Waals surface area contributed by atoms with E-state index in [0.29, 0.717) is 13.0 Å². The highest BCUT2D eigenvalue weighted by molar-refractivity contribution is 5.83. The number of amides is 1. The predicted octanol–water partition coefficient (Wildman–Crippen LogP) is 1.03. The third-order valence-corrected chi connectivity index (χ3v) is 4.14. The van der Waals surface area contributed by atoms with E-state index in [2.05, 4.69) is 17.0 Å². The van der Waals surface area contributed by atoms with Crippen LogP contribution in [0, 0.1) is 0 Å². The van der Waals surface area contributed by atoms with Gasteiger partial charge in [-0.1, -0.05) is 18.2 Å². The number of hydrogen-bond donors (Lipinski definition) is 1. The minimum absolute atomic E-state index is 0.159. The van der Waals surface area contributed by atoms with Crippen LogP contribution in [0.25, 0.3) is 0 Å². The third-order valence-electron chi connectivity index (χ3n) is 4.14. The van der Waals surface area contributed by atoms with Crippen LogP contribution < -0.4 is 4.90 Å². The predicted molar refractivity (Wildman–Crippen MR) is 74.2 cm³/mol. The molecule has 1 aromatic carbocycles. The summed E-state index contributed by atoms with van der Waals surface area (Å²) in [5, 5.41) is 10.1. The van der Waals surface area contributed by atoms with Gasteiger partial charge in [0.1, 0.15) is 0 Å². The molecule has 0 unspecified atom stereocenters. The summed E-state index contributed by atoms with van der Waals surface area (Å²) in [4.78, 5) is 15.7. The van der Waals surface area contributed by atoms with Crippen molar-refractivity contribution in [2.75, 3.05) is 31.6 Å². The van der Waals surface area contributed by atoms with Crippen LogP contribution in [0.1, 0.15) is 18.4 Å². The molecule has 2 aliphatic rings. The van der Waals surface area contributed by atoms with Crippen molar-refractivity contribution in [3.63, 3.8) is 0 Å². The van der Waals surface area contributed by atoms with Gasteiger partial charge in [0, 0.05) is 32.2 Å². The van der Waals surface area contributed by atoms with E-state index < -0.39 is 5.60 Å². The summed E-state index contributed by atoms with van der Waals surface area (Å²) in [7, 11) is 1.85. The molecule has 1 heterocycles. The molecule has 0 radical (unpaired) electrons. The van der Waals surface area contributed by atoms with Crippen LogP contribution in [0.15, 0.2) is 24.3 Å². The summed E-state index contributed by atoms with van der Waals surface area (Å²) in [6.07, 6.45) is 2.48. The van der Waals surface area contributed by atoms with Crippen molar-refractivity contribution in [3.05, 3.63) is 29.8 Å². The number of hydrogen-bond acceptors (Lipinski definition) is 3. The number of carbonyl (C=O) groups excluding carboxylic acids is 1. The minimum Gasteiger partial charge on any atom is -0.390 e. The van der Waals surface area contributed by atoms with E-state index in [-0.39, 0.29) is 5.91 Å². The fourth-order valence-corrected chi connectivity index (χ4v) is 2.61. The second kappa shape index (κ2) is 4.53. The SMILES string of the molecule is CN1CCN(c2ccccc2CC2(O)CC2)CC1=O. The highest BCUT2D eigenvalue weighted by Gasteiger charge is 2.41. The Morgan fingerprint density at radius 2 is 2.00 bits per heavy atom. The molecular weight excluding hydrogens is 240 g/mol. The lowest BCUT2D eigenvalue weighted by atomic mass is 10.0. The molecule has 4 heteroatoms. The van der Waals surface area contributed by atoms with Gasteiger partial charge >= 0.3 is 0 Å². The van der Waals surface area contributed by atoms with Gasteiger partial charge in [-0.25, -0.2) is 0 Å². The number of benzene rings is 1. The third kappa shape index (κ3) is 2.59. The van der Waals surface area contributed by atoms with Crippen LogP contribution in [0.3, 0.4) is 0 Å². The molecule has 0 aromatic heterocycles. The van der Waals surface area contributed by atoms with Crippen molar-refractivity contribution < 1.29 is 9.90 Å². The Balaban J connectivity index is 1.82. The van der Waals surface area contributed by atoms with Crippen molar-refractivity contribution >= 4 is 11.6 Å². The largest absolute Gasteiger partial charge is 0.390 e. The number of likely N-dealkylation sites (N-methyl/N-ethyl adjacent to an activating group) is 1. The summed E-state index contributed by atoms with van der Waals surface area (Å²) in [5.41, 5.74) is 1.76. The van der Waals surface area contributed by atoms with E-state index >= 15 is 0 Å². The zero-order valence-corrected chi connectivity index (χ0v) is 11.3. The molecule has 0 bridgehead atoms. The lowest BCUT2D eigenvalue weighted by Crippen LogP contribution is -2.48. The Morgan fingerprint density at radius 3 is 2.68 bits per heavy atom. The summed E-state index contributed by atoms with van der Waals surface area (Å²) < 4.78 is 0. The van der Waals surface area contributed by atoms with Crippen LogP contribution in [-0.2, 0) is 11.2 Å². The van der Waals surface area contributed by atoms with Crippen LogP contribution in [0.2, 0.25) is 0 Å². The molecule has 1 aliphatic heterocycles. The van der Waals surface area contributed by atoms with Gasteiger partial charge in [0.2, 0.25) is 5.91 Å². The summed E-state index contributed by atoms with van der Waals surface area (Å²) in [6, 6.07) is 8.12. The maximum Gasteiger partial charge on any atom is 0.241 e. The maximum atomic E-state index is 11.8. The number of carbonyl (C=O) groups is 1. The Labute approximate surface area is 113 Å². The van der Waals surface area contributed by atoms with Gasteiger partial charge in [0.25, 0.3) is 0 Å². The first-order valence-electron chi connectivity index (χ1n) is 6.87. The van der Waals surface area contributed by atoms with Crippen molar-refractivity contribution in [2.45, 2.75) is 24.9 Å². The number of nitrogens with zero attached hydrogens (tertiary/aromatic N) is 2. The average molecular weight is 260 g/mol. The summed E-state index contributed by atoms with van der Waals surface area (Å²) in [5.74, 6) is 0.159. The van der Waals surface area contributed by atoms with Crippen molar-refractivity contribution in [3.8, 4) is 0 Å². The van der Waals surface area contributed by atoms with Crippen LogP contribution in [0.4, 0.5) is 5.69 Å². The molecule has 1 aromatic rings. The van der Waals surface area contributed by atoms with Gasteiger partial charge in [-0.2, -0.15) is 0 Å². The fraction of sp³-hybridized carbons (Fsp3) is 0.533. The normalized spacial score (nSPS) is 21.7. The van der Waals surface area contributed by atoms with Crippen LogP contribution in [-0.4, -0.2) is 48.2 Å². The zero-order chi connectivity index (χ0) is 13.5. The molecule has 1 saturated heterocycles. The molecule has 0 atom stereocenters. The first-order valence-corrected chi connectivity index (χ1v) is 6.87. The fourth-order valence-electron chi connectivity index (χ4n) is 2.61. The smallest absolute Gasteiger partial charge is 0.241 e. The van der Waals surface area contributed by atoms with Gasteiger partial charge in [-0.3, -0.25) is 4.79 Å². The molecule has 0 spiro atoms. The molecular formula is C15H20N2O2.